The molecule has 6 nitrogen and oxygen atoms in total. The van der Waals surface area contributed by atoms with E-state index in [2.05, 4.69) is 15.3 Å². The Hall–Kier alpha value is -3.66. The lowest BCUT2D eigenvalue weighted by atomic mass is 10.1. The van der Waals surface area contributed by atoms with Crippen molar-refractivity contribution in [1.82, 2.24) is 5.43 Å². The summed E-state index contributed by atoms with van der Waals surface area (Å²) in [5.41, 5.74) is 3.20. The van der Waals surface area contributed by atoms with Crippen molar-refractivity contribution >= 4 is 28.9 Å². The Morgan fingerprint density at radius 2 is 1.62 bits per heavy atom. The molecule has 3 aromatic rings. The van der Waals surface area contributed by atoms with Gasteiger partial charge in [0.25, 0.3) is 5.91 Å². The molecule has 3 rings (SSSR count). The summed E-state index contributed by atoms with van der Waals surface area (Å²) in [6, 6.07) is 10.2. The maximum atomic E-state index is 12.7. The largest absolute Gasteiger partial charge is 0.506 e. The fourth-order valence-corrected chi connectivity index (χ4v) is 3.77. The van der Waals surface area contributed by atoms with Crippen LogP contribution < -0.4 is 5.43 Å². The summed E-state index contributed by atoms with van der Waals surface area (Å²) in [6.07, 6.45) is -4.44. The molecule has 0 aliphatic heterocycles. The smallest absolute Gasteiger partial charge is 0.416 e. The average molecular weight is 462 g/mol. The number of amides is 1. The molecule has 0 saturated heterocycles. The van der Waals surface area contributed by atoms with E-state index in [0.717, 1.165) is 23.5 Å². The third-order valence-electron chi connectivity index (χ3n) is 4.52. The number of esters is 1. The minimum Gasteiger partial charge on any atom is -0.506 e. The Kier molecular flexibility index (Phi) is 6.64. The highest BCUT2D eigenvalue weighted by Crippen LogP contribution is 2.39. The van der Waals surface area contributed by atoms with Gasteiger partial charge in [0.2, 0.25) is 0 Å². The van der Waals surface area contributed by atoms with E-state index in [4.69, 9.17) is 0 Å². The number of benzene rings is 2. The molecule has 0 unspecified atom stereocenters. The molecule has 0 saturated carbocycles. The van der Waals surface area contributed by atoms with Gasteiger partial charge in [-0.2, -0.15) is 18.3 Å². The van der Waals surface area contributed by atoms with Crippen molar-refractivity contribution in [2.75, 3.05) is 7.11 Å². The number of rotatable bonds is 5. The van der Waals surface area contributed by atoms with Gasteiger partial charge in [-0.25, -0.2) is 10.2 Å². The Morgan fingerprint density at radius 1 is 1.03 bits per heavy atom. The zero-order chi connectivity index (χ0) is 23.5. The van der Waals surface area contributed by atoms with Crippen LogP contribution in [0.3, 0.4) is 0 Å². The molecule has 2 aromatic carbocycles. The molecular weight excluding hydrogens is 445 g/mol. The van der Waals surface area contributed by atoms with Crippen LogP contribution in [0, 0.1) is 0 Å². The second-order valence-electron chi connectivity index (χ2n) is 6.61. The number of hydrogen-bond donors (Lipinski definition) is 2. The van der Waals surface area contributed by atoms with E-state index in [1.165, 1.54) is 43.5 Å². The van der Waals surface area contributed by atoms with Gasteiger partial charge < -0.3 is 9.84 Å². The fraction of sp³-hybridized carbons (Fsp3) is 0.136. The first kappa shape index (κ1) is 23.0. The summed E-state index contributed by atoms with van der Waals surface area (Å²) in [7, 11) is 1.25. The van der Waals surface area contributed by atoms with Crippen LogP contribution >= 0.6 is 11.3 Å². The van der Waals surface area contributed by atoms with Gasteiger partial charge in [-0.05, 0) is 48.9 Å². The maximum absolute atomic E-state index is 12.7. The van der Waals surface area contributed by atoms with E-state index >= 15 is 0 Å². The number of ether oxygens (including phenoxy) is 1. The van der Waals surface area contributed by atoms with Crippen molar-refractivity contribution in [3.05, 3.63) is 76.2 Å². The molecule has 32 heavy (non-hydrogen) atoms. The van der Waals surface area contributed by atoms with E-state index in [1.54, 1.807) is 12.3 Å². The molecule has 1 aromatic heterocycles. The van der Waals surface area contributed by atoms with Crippen molar-refractivity contribution in [1.29, 1.82) is 0 Å². The van der Waals surface area contributed by atoms with E-state index < -0.39 is 23.6 Å². The Bertz CT molecular complexity index is 1170. The van der Waals surface area contributed by atoms with Gasteiger partial charge in [0, 0.05) is 10.9 Å². The Morgan fingerprint density at radius 3 is 2.19 bits per heavy atom. The zero-order valence-electron chi connectivity index (χ0n) is 16.9. The van der Waals surface area contributed by atoms with Gasteiger partial charge in [-0.1, -0.05) is 12.1 Å². The van der Waals surface area contributed by atoms with Gasteiger partial charge in [-0.3, -0.25) is 4.79 Å². The molecule has 1 amide bonds. The lowest BCUT2D eigenvalue weighted by Crippen LogP contribution is -2.19. The Labute approximate surface area is 185 Å². The number of hydrazone groups is 1. The van der Waals surface area contributed by atoms with Gasteiger partial charge in [0.1, 0.15) is 5.75 Å². The SMILES string of the molecule is COC(=O)c1ccc(C(=O)N/N=C(/C)c2csc(-c3ccc(C(F)(F)F)cc3)c2O)cc1. The summed E-state index contributed by atoms with van der Waals surface area (Å²) >= 11 is 1.14. The maximum Gasteiger partial charge on any atom is 0.416 e. The number of methoxy groups -OCH3 is 1. The molecule has 0 aliphatic carbocycles. The van der Waals surface area contributed by atoms with Crippen molar-refractivity contribution in [2.24, 2.45) is 5.10 Å². The number of halogens is 3. The number of alkyl halides is 3. The van der Waals surface area contributed by atoms with Crippen LogP contribution in [0.2, 0.25) is 0 Å². The minimum absolute atomic E-state index is 0.146. The zero-order valence-corrected chi connectivity index (χ0v) is 17.7. The highest BCUT2D eigenvalue weighted by molar-refractivity contribution is 7.14. The lowest BCUT2D eigenvalue weighted by Gasteiger charge is -2.07. The van der Waals surface area contributed by atoms with Crippen LogP contribution in [0.4, 0.5) is 13.2 Å². The number of nitrogens with one attached hydrogen (secondary N) is 1. The normalized spacial score (nSPS) is 11.8. The first-order chi connectivity index (χ1) is 15.1. The van der Waals surface area contributed by atoms with E-state index in [1.807, 2.05) is 0 Å². The predicted molar refractivity (Wildman–Crippen MR) is 114 cm³/mol. The number of carbonyl (C=O) groups is 2. The van der Waals surface area contributed by atoms with Gasteiger partial charge in [0.05, 0.1) is 34.4 Å². The predicted octanol–water partition coefficient (Wildman–Crippen LogP) is 5.08. The van der Waals surface area contributed by atoms with Crippen LogP contribution in [0.15, 0.2) is 59.0 Å². The number of aromatic hydroxyl groups is 1. The van der Waals surface area contributed by atoms with E-state index in [-0.39, 0.29) is 11.3 Å². The van der Waals surface area contributed by atoms with Crippen molar-refractivity contribution in [3.8, 4) is 16.2 Å². The van der Waals surface area contributed by atoms with Crippen LogP contribution in [0.1, 0.15) is 38.8 Å². The number of hydrogen-bond acceptors (Lipinski definition) is 6. The second kappa shape index (κ2) is 9.23. The molecule has 2 N–H and O–H groups in total. The van der Waals surface area contributed by atoms with Crippen LogP contribution in [-0.4, -0.2) is 29.8 Å². The average Bonchev–Trinajstić information content (AvgIpc) is 3.17. The first-order valence-corrected chi connectivity index (χ1v) is 10.0. The standard InChI is InChI=1S/C22H17F3N2O4S/c1-12(26-27-20(29)14-3-5-15(6-4-14)21(30)31-2)17-11-32-19(18(17)28)13-7-9-16(10-8-13)22(23,24)25/h3-11,28H,1-2H3,(H,27,29)/b26-12-. The molecule has 10 heteroatoms. The molecule has 0 bridgehead atoms. The topological polar surface area (TPSA) is 88.0 Å². The molecule has 166 valence electrons. The molecule has 0 aliphatic rings. The second-order valence-corrected chi connectivity index (χ2v) is 7.49. The molecular formula is C22H17F3N2O4S. The third kappa shape index (κ3) is 4.97. The lowest BCUT2D eigenvalue weighted by molar-refractivity contribution is -0.137. The number of nitrogens with zero attached hydrogens (tertiary/aromatic N) is 1. The molecule has 0 spiro atoms. The van der Waals surface area contributed by atoms with E-state index in [9.17, 15) is 27.9 Å². The third-order valence-corrected chi connectivity index (χ3v) is 5.54. The van der Waals surface area contributed by atoms with Crippen LogP contribution in [0.25, 0.3) is 10.4 Å². The molecule has 1 heterocycles. The number of thiophene rings is 1. The quantitative estimate of drug-likeness (QED) is 0.315. The van der Waals surface area contributed by atoms with Gasteiger partial charge in [-0.15, -0.1) is 11.3 Å². The van der Waals surface area contributed by atoms with Crippen LogP contribution in [0.5, 0.6) is 5.75 Å². The summed E-state index contributed by atoms with van der Waals surface area (Å²) in [5.74, 6) is -1.20. The highest BCUT2D eigenvalue weighted by atomic mass is 32.1. The summed E-state index contributed by atoms with van der Waals surface area (Å²) < 4.78 is 42.8. The fourth-order valence-electron chi connectivity index (χ4n) is 2.76. The van der Waals surface area contributed by atoms with Gasteiger partial charge in [0.15, 0.2) is 0 Å². The molecule has 0 radical (unpaired) electrons. The van der Waals surface area contributed by atoms with E-state index in [0.29, 0.717) is 27.3 Å². The van der Waals surface area contributed by atoms with Gasteiger partial charge >= 0.3 is 12.1 Å². The van der Waals surface area contributed by atoms with Crippen molar-refractivity contribution in [2.45, 2.75) is 13.1 Å². The van der Waals surface area contributed by atoms with Crippen molar-refractivity contribution < 1.29 is 32.6 Å². The van der Waals surface area contributed by atoms with Crippen molar-refractivity contribution in [3.63, 3.8) is 0 Å². The highest BCUT2D eigenvalue weighted by Gasteiger charge is 2.30. The molecule has 0 atom stereocenters. The summed E-state index contributed by atoms with van der Waals surface area (Å²) in [6.45, 7) is 1.57. The molecule has 0 fully saturated rings. The first-order valence-electron chi connectivity index (χ1n) is 9.13. The van der Waals surface area contributed by atoms with Crippen LogP contribution in [-0.2, 0) is 10.9 Å². The Balaban J connectivity index is 1.74. The summed E-state index contributed by atoms with van der Waals surface area (Å²) in [4.78, 5) is 24.1. The number of carbonyl (C=O) groups excluding carboxylic acids is 2. The monoisotopic (exact) mass is 462 g/mol. The minimum atomic E-state index is -4.44. The summed E-state index contributed by atoms with van der Waals surface area (Å²) in [5, 5.41) is 16.1.